The summed E-state index contributed by atoms with van der Waals surface area (Å²) in [7, 11) is -13.1. The first-order chi connectivity index (χ1) is 59.9. The van der Waals surface area contributed by atoms with Crippen molar-refractivity contribution in [2.45, 2.75) is 182 Å². The van der Waals surface area contributed by atoms with Gasteiger partial charge in [0.2, 0.25) is 46.0 Å². The van der Waals surface area contributed by atoms with Gasteiger partial charge in [0.1, 0.15) is 23.3 Å². The Kier molecular flexibility index (Phi) is 34.5. The summed E-state index contributed by atoms with van der Waals surface area (Å²) in [5.74, 6) is 6.43. The van der Waals surface area contributed by atoms with Gasteiger partial charge in [-0.05, 0) is 223 Å². The van der Waals surface area contributed by atoms with Crippen molar-refractivity contribution in [3.8, 4) is 0 Å². The summed E-state index contributed by atoms with van der Waals surface area (Å²) in [6.45, 7) is 9.87. The number of sulfonamides is 4. The fourth-order valence-corrected chi connectivity index (χ4v) is 22.2. The number of hydrogen-bond donors (Lipinski definition) is 4. The Bertz CT molecular complexity index is 4300. The van der Waals surface area contributed by atoms with E-state index in [1.165, 1.54) is 41.8 Å². The minimum atomic E-state index is -3.28. The monoisotopic (exact) mass is 1780 g/mol. The van der Waals surface area contributed by atoms with E-state index >= 15 is 0 Å². The molecule has 16 rings (SSSR count). The molecule has 5 aliphatic heterocycles. The first-order valence-electron chi connectivity index (χ1n) is 44.1. The molecule has 3 aliphatic carbocycles. The number of piperidine rings is 5. The third-order valence-corrected chi connectivity index (χ3v) is 28.1. The highest BCUT2D eigenvalue weighted by Gasteiger charge is 2.39. The molecule has 34 heteroatoms. The molecule has 4 unspecified atom stereocenters. The minimum Gasteiger partial charge on any atom is -0.378 e. The molecule has 0 aromatic carbocycles. The molecule has 0 bridgehead atoms. The molecule has 8 fully saturated rings. The second-order valence-electron chi connectivity index (χ2n) is 34.5. The zero-order chi connectivity index (χ0) is 86.7. The van der Waals surface area contributed by atoms with Gasteiger partial charge in [0.15, 0.2) is 0 Å². The summed E-state index contributed by atoms with van der Waals surface area (Å²) in [4.78, 5) is 50.5. The summed E-state index contributed by atoms with van der Waals surface area (Å²) < 4.78 is 132. The van der Waals surface area contributed by atoms with Crippen LogP contribution in [0.4, 0.5) is 29.2 Å². The maximum Gasteiger partial charge on any atom is 0.225 e. The molecular formula is C90H126N18O12S4. The topological polar surface area (TPSA) is 354 Å². The highest BCUT2D eigenvalue weighted by Crippen LogP contribution is 2.39. The van der Waals surface area contributed by atoms with Crippen molar-refractivity contribution in [3.63, 3.8) is 0 Å². The SMILES string of the molecule is CS(=O)(=O)N[C@H]1CCN(c2ccccn2)CC1COC1CCC(c2ccccn2)CC1.CS(=O)(=O)N[C@H]1CCN(c2ccccn2)CC1COC1CCC(c2cccnc2)CC1.CS(=O)(=O)N[C@H]1CCN(c2ccccn2)CC1COC1CCC(c2ccncc2)CC1.CS(=O)(=O)N[C@H]1CCN(c2ccccn2)CC1COC1CCN(c2ncccn2)CC1. The normalized spacial score (nSPS) is 26.2. The molecule has 3 saturated carbocycles. The zero-order valence-corrected chi connectivity index (χ0v) is 75.2. The molecule has 672 valence electrons. The van der Waals surface area contributed by atoms with Crippen LogP contribution in [0.3, 0.4) is 0 Å². The van der Waals surface area contributed by atoms with E-state index in [2.05, 4.69) is 119 Å². The molecule has 0 amide bonds. The van der Waals surface area contributed by atoms with Gasteiger partial charge in [-0.2, -0.15) is 0 Å². The van der Waals surface area contributed by atoms with Crippen LogP contribution >= 0.6 is 0 Å². The van der Waals surface area contributed by atoms with Crippen molar-refractivity contribution in [2.24, 2.45) is 23.7 Å². The highest BCUT2D eigenvalue weighted by molar-refractivity contribution is 7.89. The Balaban J connectivity index is 0.000000142. The van der Waals surface area contributed by atoms with Crippen LogP contribution in [0.2, 0.25) is 0 Å². The lowest BCUT2D eigenvalue weighted by molar-refractivity contribution is -0.00240. The van der Waals surface area contributed by atoms with E-state index < -0.39 is 40.1 Å². The fraction of sp³-hybridized carbons (Fsp3) is 0.567. The van der Waals surface area contributed by atoms with Gasteiger partial charge in [-0.15, -0.1) is 0 Å². The van der Waals surface area contributed by atoms with E-state index in [0.29, 0.717) is 50.7 Å². The first-order valence-corrected chi connectivity index (χ1v) is 51.7. The van der Waals surface area contributed by atoms with E-state index in [9.17, 15) is 33.7 Å². The van der Waals surface area contributed by atoms with Crippen molar-refractivity contribution in [1.29, 1.82) is 0 Å². The number of nitrogens with zero attached hydrogens (tertiary/aromatic N) is 14. The van der Waals surface area contributed by atoms with Gasteiger partial charge in [0.05, 0.1) is 75.9 Å². The molecule has 124 heavy (non-hydrogen) atoms. The van der Waals surface area contributed by atoms with Crippen LogP contribution in [0.25, 0.3) is 0 Å². The Labute approximate surface area is 734 Å². The number of rotatable bonds is 28. The lowest BCUT2D eigenvalue weighted by atomic mass is 9.83. The molecule has 0 spiro atoms. The minimum absolute atomic E-state index is 0.0565. The summed E-state index contributed by atoms with van der Waals surface area (Å²) >= 11 is 0. The van der Waals surface area contributed by atoms with Gasteiger partial charge < -0.3 is 43.4 Å². The lowest BCUT2D eigenvalue weighted by Gasteiger charge is -2.40. The van der Waals surface area contributed by atoms with Crippen LogP contribution in [0.5, 0.6) is 0 Å². The first kappa shape index (κ1) is 93.3. The third-order valence-electron chi connectivity index (χ3n) is 25.2. The van der Waals surface area contributed by atoms with Crippen LogP contribution in [0.15, 0.2) is 189 Å². The molecule has 8 atom stereocenters. The Morgan fingerprint density at radius 2 is 0.605 bits per heavy atom. The number of pyridine rings is 7. The van der Waals surface area contributed by atoms with E-state index in [1.54, 1.807) is 37.2 Å². The van der Waals surface area contributed by atoms with Crippen molar-refractivity contribution in [1.82, 2.24) is 63.7 Å². The molecule has 8 aromatic rings. The van der Waals surface area contributed by atoms with E-state index in [4.69, 9.17) is 18.9 Å². The van der Waals surface area contributed by atoms with Crippen molar-refractivity contribution in [2.75, 3.05) is 141 Å². The number of aromatic nitrogens is 9. The Morgan fingerprint density at radius 1 is 0.290 bits per heavy atom. The number of ether oxygens (including phenoxy) is 4. The van der Waals surface area contributed by atoms with Crippen LogP contribution in [-0.4, -0.2) is 244 Å². The predicted molar refractivity (Wildman–Crippen MR) is 484 cm³/mol. The standard InChI is InChI=1S/3C23H32N4O3S.C21H30N6O3S/c1-31(28,29)26-22-12-15-27(23-7-3-5-14-25-23)16-19(22)17-30-20-10-8-18(9-11-20)21-6-2-4-13-24-21;1-31(28,29)26-22-11-14-27(23-6-2-3-13-25-23)16-20(22)17-30-21-9-7-18(8-10-21)19-5-4-12-24-15-19;1-31(28,29)26-22-11-15-27(23-4-2-3-12-25-23)16-20(22)17-30-21-7-5-18(6-8-21)19-9-13-24-14-10-19;1-31(28,29)25-19-8-14-27(20-5-2-3-9-22-20)15-17(19)16-30-18-6-12-26(13-7-18)21-23-10-4-11-24-21/h2-7,13-14,18-20,22,26H,8-12,15-17H2,1H3;2-6,12-13,15,18,20-22,26H,7-11,14,16-17H2,1H3;2-4,9-10,12-14,18,20-22,26H,5-8,11,15-17H2,1H3;2-5,9-11,17-19,25H,6-8,12-16H2,1H3/t18?,19?,20?,22-;2*18?,20?,21?,22-;17?,19-/m0000/s1. The highest BCUT2D eigenvalue weighted by atomic mass is 32.2. The summed E-state index contributed by atoms with van der Waals surface area (Å²) in [6, 6.07) is 39.4. The zero-order valence-electron chi connectivity index (χ0n) is 72.0. The average molecular weight is 1780 g/mol. The van der Waals surface area contributed by atoms with Gasteiger partial charge >= 0.3 is 0 Å². The van der Waals surface area contributed by atoms with Gasteiger partial charge in [0.25, 0.3) is 0 Å². The molecule has 4 N–H and O–H groups in total. The summed E-state index contributed by atoms with van der Waals surface area (Å²) in [5.41, 5.74) is 3.86. The molecule has 0 radical (unpaired) electrons. The van der Waals surface area contributed by atoms with Crippen LogP contribution in [0, 0.1) is 23.7 Å². The molecule has 30 nitrogen and oxygen atoms in total. The number of hydrogen-bond acceptors (Lipinski definition) is 26. The van der Waals surface area contributed by atoms with Gasteiger partial charge in [-0.25, -0.2) is 82.5 Å². The maximum atomic E-state index is 11.9. The number of anilines is 5. The van der Waals surface area contributed by atoms with E-state index in [0.717, 1.165) is 204 Å². The van der Waals surface area contributed by atoms with Crippen LogP contribution in [0.1, 0.15) is 150 Å². The quantitative estimate of drug-likeness (QED) is 0.0354. The predicted octanol–water partition coefficient (Wildman–Crippen LogP) is 10.2. The second-order valence-corrected chi connectivity index (χ2v) is 41.6. The molecule has 8 aromatic heterocycles. The molecule has 8 aliphatic rings. The lowest BCUT2D eigenvalue weighted by Crippen LogP contribution is -2.53. The molecule has 5 saturated heterocycles. The van der Waals surface area contributed by atoms with Crippen LogP contribution < -0.4 is 43.4 Å². The number of nitrogens with one attached hydrogen (secondary N) is 4. The Morgan fingerprint density at radius 3 is 0.919 bits per heavy atom. The van der Waals surface area contributed by atoms with Crippen molar-refractivity contribution < 1.29 is 52.6 Å². The Hall–Kier alpha value is -8.39. The van der Waals surface area contributed by atoms with Crippen molar-refractivity contribution >= 4 is 69.3 Å². The fourth-order valence-electron chi connectivity index (χ4n) is 18.8. The second kappa shape index (κ2) is 45.9. The average Bonchev–Trinajstić information content (AvgIpc) is 0.819. The largest absolute Gasteiger partial charge is 0.378 e. The molecule has 13 heterocycles. The van der Waals surface area contributed by atoms with Gasteiger partial charge in [-0.1, -0.05) is 36.4 Å². The van der Waals surface area contributed by atoms with E-state index in [1.807, 2.05) is 122 Å². The smallest absolute Gasteiger partial charge is 0.225 e. The summed E-state index contributed by atoms with van der Waals surface area (Å²) in [5, 5.41) is 0. The van der Waals surface area contributed by atoms with Gasteiger partial charge in [-0.3, -0.25) is 15.0 Å². The van der Waals surface area contributed by atoms with Crippen molar-refractivity contribution in [3.05, 3.63) is 206 Å². The third kappa shape index (κ3) is 29.9. The maximum absolute atomic E-state index is 11.9. The van der Waals surface area contributed by atoms with Gasteiger partial charge in [0, 0.05) is 193 Å². The van der Waals surface area contributed by atoms with Crippen LogP contribution in [-0.2, 0) is 59.0 Å². The molecular weight excluding hydrogens is 1650 g/mol. The summed E-state index contributed by atoms with van der Waals surface area (Å²) in [6.07, 6.45) is 43.3. The van der Waals surface area contributed by atoms with E-state index in [-0.39, 0.29) is 72.3 Å².